The fourth-order valence-corrected chi connectivity index (χ4v) is 7.58. The van der Waals surface area contributed by atoms with Crippen molar-refractivity contribution in [3.05, 3.63) is 34.5 Å². The normalized spacial score (nSPS) is 20.9. The Morgan fingerprint density at radius 3 is 2.83 bits per heavy atom. The number of morpholine rings is 1. The molecule has 0 bridgehead atoms. The monoisotopic (exact) mass is 632 g/mol. The number of aromatic nitrogens is 5. The highest BCUT2D eigenvalue weighted by atomic mass is 32.2. The van der Waals surface area contributed by atoms with Gasteiger partial charge < -0.3 is 30.6 Å². The maximum atomic E-state index is 13.1. The van der Waals surface area contributed by atoms with Gasteiger partial charge in [-0.05, 0) is 17.7 Å². The van der Waals surface area contributed by atoms with Crippen molar-refractivity contribution in [3.63, 3.8) is 0 Å². The van der Waals surface area contributed by atoms with Crippen molar-refractivity contribution in [1.29, 1.82) is 0 Å². The summed E-state index contributed by atoms with van der Waals surface area (Å²) in [5, 5.41) is 31.2. The standard InChI is InChI=1S/C23H24N10O6S3/c1-38-30-15(12-10-41-22(24)25-12)18(34)26-16-19(35)32-17(21(36)37)11(8-40-20(16)32)9-42-23-28-27-13-2-3-14(29-33(13)23)31-4-6-39-7-5-31/h2-3,10,16,20H,4-9H2,1H3,(H2,24,25)(H,26,34)(H,36,37)/b30-15-/t16-,20+/m1/s1. The first-order valence-corrected chi connectivity index (χ1v) is 15.5. The zero-order chi connectivity index (χ0) is 29.4. The van der Waals surface area contributed by atoms with E-state index in [-0.39, 0.29) is 28.0 Å². The first kappa shape index (κ1) is 28.2. The van der Waals surface area contributed by atoms with Gasteiger partial charge in [0.15, 0.2) is 16.5 Å². The first-order valence-electron chi connectivity index (χ1n) is 12.6. The van der Waals surface area contributed by atoms with Crippen molar-refractivity contribution in [2.24, 2.45) is 5.16 Å². The van der Waals surface area contributed by atoms with E-state index in [1.54, 1.807) is 9.90 Å². The molecule has 2 saturated heterocycles. The molecule has 0 aliphatic carbocycles. The van der Waals surface area contributed by atoms with E-state index in [9.17, 15) is 19.5 Å². The summed E-state index contributed by atoms with van der Waals surface area (Å²) in [5.74, 6) is -1.11. The highest BCUT2D eigenvalue weighted by Gasteiger charge is 2.54. The summed E-state index contributed by atoms with van der Waals surface area (Å²) in [5.41, 5.74) is 6.74. The summed E-state index contributed by atoms with van der Waals surface area (Å²) in [7, 11) is 1.28. The largest absolute Gasteiger partial charge is 0.477 e. The van der Waals surface area contributed by atoms with Gasteiger partial charge in [-0.1, -0.05) is 16.9 Å². The molecule has 2 atom stereocenters. The molecule has 220 valence electrons. The van der Waals surface area contributed by atoms with Crippen molar-refractivity contribution in [2.45, 2.75) is 16.6 Å². The molecule has 2 amide bonds. The third-order valence-electron chi connectivity index (χ3n) is 6.63. The fourth-order valence-electron chi connectivity index (χ4n) is 4.66. The maximum absolute atomic E-state index is 13.1. The van der Waals surface area contributed by atoms with Crippen molar-refractivity contribution < 1.29 is 29.1 Å². The van der Waals surface area contributed by atoms with Gasteiger partial charge in [-0.25, -0.2) is 9.78 Å². The molecular weight excluding hydrogens is 609 g/mol. The summed E-state index contributed by atoms with van der Waals surface area (Å²) >= 11 is 3.77. The molecule has 2 fully saturated rings. The number of β-lactam (4-membered cyclic amide) rings is 1. The number of anilines is 2. The zero-order valence-corrected chi connectivity index (χ0v) is 24.4. The smallest absolute Gasteiger partial charge is 0.352 e. The number of ether oxygens (including phenoxy) is 1. The van der Waals surface area contributed by atoms with Crippen molar-refractivity contribution in [1.82, 2.24) is 35.0 Å². The number of rotatable bonds is 9. The lowest BCUT2D eigenvalue weighted by Gasteiger charge is -2.49. The molecule has 3 aromatic heterocycles. The number of nitrogen functional groups attached to an aromatic ring is 1. The van der Waals surface area contributed by atoms with Crippen LogP contribution < -0.4 is 16.0 Å². The molecule has 19 heteroatoms. The number of hydrogen-bond acceptors (Lipinski definition) is 15. The number of aliphatic carboxylic acids is 1. The van der Waals surface area contributed by atoms with Crippen LogP contribution in [0, 0.1) is 0 Å². The Morgan fingerprint density at radius 1 is 1.31 bits per heavy atom. The van der Waals surface area contributed by atoms with Gasteiger partial charge in [0, 0.05) is 30.0 Å². The molecule has 0 saturated carbocycles. The molecule has 3 aliphatic heterocycles. The summed E-state index contributed by atoms with van der Waals surface area (Å²) < 4.78 is 7.05. The number of oxime groups is 1. The Balaban J connectivity index is 1.17. The minimum absolute atomic E-state index is 0.101. The maximum Gasteiger partial charge on any atom is 0.352 e. The number of carbonyl (C=O) groups excluding carboxylic acids is 2. The molecule has 0 aromatic carbocycles. The summed E-state index contributed by atoms with van der Waals surface area (Å²) in [6.45, 7) is 2.69. The Kier molecular flexibility index (Phi) is 7.88. The van der Waals surface area contributed by atoms with Crippen LogP contribution >= 0.6 is 34.9 Å². The quantitative estimate of drug-likeness (QED) is 0.122. The highest BCUT2D eigenvalue weighted by Crippen LogP contribution is 2.41. The fraction of sp³-hybridized carbons (Fsp3) is 0.391. The molecule has 6 rings (SSSR count). The Bertz CT molecular complexity index is 1620. The number of carboxylic acid groups (broad SMARTS) is 1. The number of amides is 2. The highest BCUT2D eigenvalue weighted by molar-refractivity contribution is 8.01. The SMILES string of the molecule is CO/N=C(\C(=O)N[C@@H]1C(=O)N2C(C(=O)O)=C(CSc3nnc4ccc(N5CCOCC5)nn34)CS[C@@H]12)c1csc(N)n1. The van der Waals surface area contributed by atoms with Crippen LogP contribution in [0.25, 0.3) is 5.65 Å². The molecule has 0 unspecified atom stereocenters. The van der Waals surface area contributed by atoms with E-state index in [1.807, 2.05) is 12.1 Å². The first-order chi connectivity index (χ1) is 20.4. The minimum atomic E-state index is -1.23. The molecule has 42 heavy (non-hydrogen) atoms. The number of hydrogen-bond donors (Lipinski definition) is 3. The van der Waals surface area contributed by atoms with Crippen LogP contribution in [0.15, 0.2) is 39.1 Å². The summed E-state index contributed by atoms with van der Waals surface area (Å²) in [4.78, 5) is 50.6. The number of nitrogens with one attached hydrogen (secondary N) is 1. The Morgan fingerprint density at radius 2 is 2.12 bits per heavy atom. The summed E-state index contributed by atoms with van der Waals surface area (Å²) in [6, 6.07) is 2.76. The van der Waals surface area contributed by atoms with Gasteiger partial charge in [0.1, 0.15) is 35.7 Å². The van der Waals surface area contributed by atoms with Crippen LogP contribution in [0.5, 0.6) is 0 Å². The lowest BCUT2D eigenvalue weighted by atomic mass is 10.0. The number of nitrogens with zero attached hydrogens (tertiary/aromatic N) is 8. The number of thioether (sulfide) groups is 2. The molecule has 0 radical (unpaired) electrons. The van der Waals surface area contributed by atoms with E-state index in [0.717, 1.165) is 30.2 Å². The number of carbonyl (C=O) groups is 3. The summed E-state index contributed by atoms with van der Waals surface area (Å²) in [6.07, 6.45) is 0. The molecule has 0 spiro atoms. The topological polar surface area (TPSA) is 203 Å². The van der Waals surface area contributed by atoms with Crippen molar-refractivity contribution in [3.8, 4) is 0 Å². The van der Waals surface area contributed by atoms with E-state index in [4.69, 9.17) is 15.3 Å². The average Bonchev–Trinajstić information content (AvgIpc) is 3.62. The molecule has 16 nitrogen and oxygen atoms in total. The van der Waals surface area contributed by atoms with Crippen LogP contribution in [-0.4, -0.2) is 115 Å². The molecule has 3 aliphatic rings. The molecule has 4 N–H and O–H groups in total. The average molecular weight is 633 g/mol. The van der Waals surface area contributed by atoms with Gasteiger partial charge in [-0.15, -0.1) is 38.4 Å². The minimum Gasteiger partial charge on any atom is -0.477 e. The van der Waals surface area contributed by atoms with Gasteiger partial charge in [-0.2, -0.15) is 4.52 Å². The lowest BCUT2D eigenvalue weighted by Crippen LogP contribution is -2.71. The van der Waals surface area contributed by atoms with Gasteiger partial charge in [0.25, 0.3) is 11.8 Å². The van der Waals surface area contributed by atoms with Crippen LogP contribution in [0.2, 0.25) is 0 Å². The molecular formula is C23H24N10O6S3. The number of fused-ring (bicyclic) bond motifs is 2. The van der Waals surface area contributed by atoms with Crippen LogP contribution in [0.4, 0.5) is 10.9 Å². The molecule has 6 heterocycles. The van der Waals surface area contributed by atoms with Crippen molar-refractivity contribution >= 4 is 75.0 Å². The molecule has 3 aromatic rings. The van der Waals surface area contributed by atoms with E-state index in [1.165, 1.54) is 35.5 Å². The number of thiazole rings is 1. The van der Waals surface area contributed by atoms with Crippen LogP contribution in [-0.2, 0) is 24.0 Å². The number of nitrogens with two attached hydrogens (primary N) is 1. The second-order valence-corrected chi connectivity index (χ2v) is 12.1. The van der Waals surface area contributed by atoms with E-state index in [2.05, 4.69) is 35.7 Å². The third-order valence-corrected chi connectivity index (χ3v) is 9.65. The van der Waals surface area contributed by atoms with Crippen LogP contribution in [0.1, 0.15) is 5.69 Å². The van der Waals surface area contributed by atoms with E-state index in [0.29, 0.717) is 35.3 Å². The third kappa shape index (κ3) is 5.23. The number of carboxylic acids is 1. The predicted octanol–water partition coefficient (Wildman–Crippen LogP) is -0.119. The Hall–Kier alpha value is -3.94. The van der Waals surface area contributed by atoms with Gasteiger partial charge >= 0.3 is 5.97 Å². The van der Waals surface area contributed by atoms with Crippen LogP contribution in [0.3, 0.4) is 0 Å². The van der Waals surface area contributed by atoms with Gasteiger partial charge in [0.2, 0.25) is 5.16 Å². The zero-order valence-electron chi connectivity index (χ0n) is 22.0. The lowest BCUT2D eigenvalue weighted by molar-refractivity contribution is -0.150. The van der Waals surface area contributed by atoms with Crippen molar-refractivity contribution in [2.75, 3.05) is 55.6 Å². The van der Waals surface area contributed by atoms with E-state index >= 15 is 0 Å². The van der Waals surface area contributed by atoms with E-state index < -0.39 is 29.2 Å². The predicted molar refractivity (Wildman–Crippen MR) is 154 cm³/mol. The van der Waals surface area contributed by atoms with Gasteiger partial charge in [-0.3, -0.25) is 14.5 Å². The second kappa shape index (κ2) is 11.7. The van der Waals surface area contributed by atoms with Gasteiger partial charge in [0.05, 0.1) is 13.2 Å². The Labute approximate surface area is 250 Å². The second-order valence-electron chi connectivity index (χ2n) is 9.14.